The van der Waals surface area contributed by atoms with Crippen molar-refractivity contribution in [2.45, 2.75) is 207 Å². The zero-order chi connectivity index (χ0) is 43.6. The van der Waals surface area contributed by atoms with Crippen LogP contribution in [0.4, 0.5) is 0 Å². The van der Waals surface area contributed by atoms with E-state index in [0.717, 1.165) is 81.7 Å². The molecule has 0 saturated heterocycles. The van der Waals surface area contributed by atoms with Gasteiger partial charge in [-0.15, -0.1) is 13.2 Å². The van der Waals surface area contributed by atoms with Gasteiger partial charge in [0.05, 0.1) is 0 Å². The lowest BCUT2D eigenvalue weighted by Crippen LogP contribution is -2.05. The van der Waals surface area contributed by atoms with Gasteiger partial charge in [0.25, 0.3) is 0 Å². The van der Waals surface area contributed by atoms with E-state index in [1.165, 1.54) is 83.9 Å². The van der Waals surface area contributed by atoms with Crippen LogP contribution in [0.25, 0.3) is 5.57 Å². The van der Waals surface area contributed by atoms with Crippen molar-refractivity contribution in [3.8, 4) is 0 Å². The predicted octanol–water partition coefficient (Wildman–Crippen LogP) is 18.9. The highest BCUT2D eigenvalue weighted by molar-refractivity contribution is 6.30. The number of ether oxygens (including phenoxy) is 1. The number of rotatable bonds is 23. The van der Waals surface area contributed by atoms with Crippen LogP contribution in [-0.4, -0.2) is 19.4 Å². The highest BCUT2D eigenvalue weighted by Crippen LogP contribution is 2.35. The van der Waals surface area contributed by atoms with Gasteiger partial charge in [-0.2, -0.15) is 0 Å². The van der Waals surface area contributed by atoms with E-state index in [1.807, 2.05) is 27.0 Å². The second kappa shape index (κ2) is 45.3. The normalized spacial score (nSPS) is 12.3. The van der Waals surface area contributed by atoms with Crippen molar-refractivity contribution < 1.29 is 4.74 Å². The molecule has 0 saturated carbocycles. The van der Waals surface area contributed by atoms with Crippen molar-refractivity contribution in [2.75, 3.05) is 13.2 Å². The van der Waals surface area contributed by atoms with Crippen LogP contribution < -0.4 is 0 Å². The van der Waals surface area contributed by atoms with Gasteiger partial charge in [-0.25, -0.2) is 0 Å². The van der Waals surface area contributed by atoms with E-state index < -0.39 is 0 Å². The van der Waals surface area contributed by atoms with Crippen LogP contribution in [-0.2, 0) is 11.2 Å². The number of halogens is 1. The number of unbranched alkanes of at least 4 members (excludes halogenated alkanes) is 4. The summed E-state index contributed by atoms with van der Waals surface area (Å²) in [5, 5.41) is 0.848. The lowest BCUT2D eigenvalue weighted by atomic mass is 9.83. The maximum atomic E-state index is 6.46. The molecule has 1 aromatic rings. The van der Waals surface area contributed by atoms with E-state index >= 15 is 0 Å². The summed E-state index contributed by atoms with van der Waals surface area (Å²) in [6, 6.07) is 6.50. The fourth-order valence-electron chi connectivity index (χ4n) is 5.38. The van der Waals surface area contributed by atoms with Crippen LogP contribution in [0.15, 0.2) is 88.6 Å². The summed E-state index contributed by atoms with van der Waals surface area (Å²) in [5.41, 5.74) is 10.9. The van der Waals surface area contributed by atoms with Crippen molar-refractivity contribution in [1.29, 1.82) is 0 Å². The van der Waals surface area contributed by atoms with E-state index in [4.69, 9.17) is 16.3 Å². The molecular formula is C53H94ClNO. The topological polar surface area (TPSA) is 21.6 Å². The minimum Gasteiger partial charge on any atom is -0.381 e. The number of nitrogens with zero attached hydrogens (tertiary/aromatic N) is 1. The summed E-state index contributed by atoms with van der Waals surface area (Å²) in [6.07, 6.45) is 29.8. The van der Waals surface area contributed by atoms with Gasteiger partial charge in [0.2, 0.25) is 0 Å². The third-order valence-corrected chi connectivity index (χ3v) is 8.61. The number of benzene rings is 1. The largest absolute Gasteiger partial charge is 0.381 e. The molecule has 0 aliphatic carbocycles. The molecule has 0 spiro atoms. The van der Waals surface area contributed by atoms with Crippen LogP contribution in [0, 0.1) is 5.92 Å². The van der Waals surface area contributed by atoms with E-state index in [0.29, 0.717) is 5.92 Å². The molecular weight excluding hydrogens is 702 g/mol. The van der Waals surface area contributed by atoms with E-state index in [2.05, 4.69) is 144 Å². The fraction of sp³-hybridized carbons (Fsp3) is 0.642. The summed E-state index contributed by atoms with van der Waals surface area (Å²) in [5.74, 6) is 0.425. The molecule has 0 aliphatic heterocycles. The van der Waals surface area contributed by atoms with Gasteiger partial charge in [-0.3, -0.25) is 4.99 Å². The molecule has 1 rings (SSSR count). The van der Waals surface area contributed by atoms with Gasteiger partial charge >= 0.3 is 0 Å². The molecule has 0 fully saturated rings. The Morgan fingerprint density at radius 1 is 0.732 bits per heavy atom. The number of aryl methyl sites for hydroxylation is 1. The molecule has 2 nitrogen and oxygen atoms in total. The zero-order valence-electron chi connectivity index (χ0n) is 40.1. The van der Waals surface area contributed by atoms with Gasteiger partial charge in [0.1, 0.15) is 0 Å². The highest BCUT2D eigenvalue weighted by Gasteiger charge is 2.17. The Kier molecular flexibility index (Phi) is 48.7. The molecule has 1 atom stereocenters. The molecule has 324 valence electrons. The van der Waals surface area contributed by atoms with Crippen LogP contribution in [0.5, 0.6) is 0 Å². The maximum absolute atomic E-state index is 6.46. The lowest BCUT2D eigenvalue weighted by molar-refractivity contribution is 0.135. The Bertz CT molecular complexity index is 1220. The molecule has 56 heavy (non-hydrogen) atoms. The minimum absolute atomic E-state index is 0.425. The molecule has 0 aliphatic rings. The van der Waals surface area contributed by atoms with Gasteiger partial charge < -0.3 is 4.74 Å². The summed E-state index contributed by atoms with van der Waals surface area (Å²) in [7, 11) is 0. The number of allylic oxidation sites excluding steroid dienone is 10. The van der Waals surface area contributed by atoms with Crippen LogP contribution in [0.2, 0.25) is 5.02 Å². The first-order chi connectivity index (χ1) is 26.7. The van der Waals surface area contributed by atoms with Gasteiger partial charge in [-0.05, 0) is 133 Å². The van der Waals surface area contributed by atoms with E-state index in [-0.39, 0.29) is 0 Å². The SMILES string of the molecule is C=C(C)C.C=C(C)CCC.CC/C=C(\C)N=CCCC.CC/C=C\C(=C/CCC)C(C)/C(C)=C(\CCCCC)c1cc(Cl)ccc1CCC.CCCOCCC. The predicted molar refractivity (Wildman–Crippen MR) is 263 cm³/mol. The third-order valence-electron chi connectivity index (χ3n) is 8.37. The molecule has 0 heterocycles. The first kappa shape index (κ1) is 60.3. The molecule has 3 heteroatoms. The van der Waals surface area contributed by atoms with Crippen molar-refractivity contribution >= 4 is 23.4 Å². The summed E-state index contributed by atoms with van der Waals surface area (Å²) in [4.78, 5) is 4.24. The van der Waals surface area contributed by atoms with Crippen LogP contribution in [0.3, 0.4) is 0 Å². The van der Waals surface area contributed by atoms with Crippen LogP contribution >= 0.6 is 11.6 Å². The number of aliphatic imine (C=N–C) groups is 1. The van der Waals surface area contributed by atoms with Gasteiger partial charge in [0, 0.05) is 36.1 Å². The van der Waals surface area contributed by atoms with Crippen molar-refractivity contribution in [2.24, 2.45) is 10.9 Å². The molecule has 0 bridgehead atoms. The monoisotopic (exact) mass is 796 g/mol. The summed E-state index contributed by atoms with van der Waals surface area (Å²) in [6.45, 7) is 41.6. The Balaban J connectivity index is -0.000000403. The fourth-order valence-corrected chi connectivity index (χ4v) is 5.55. The molecule has 1 aromatic carbocycles. The summed E-state index contributed by atoms with van der Waals surface area (Å²) < 4.78 is 5.13. The van der Waals surface area contributed by atoms with Crippen molar-refractivity contribution in [3.63, 3.8) is 0 Å². The van der Waals surface area contributed by atoms with Crippen molar-refractivity contribution in [3.05, 3.63) is 99.8 Å². The second-order valence-electron chi connectivity index (χ2n) is 15.1. The molecule has 0 aromatic heterocycles. The Morgan fingerprint density at radius 2 is 1.34 bits per heavy atom. The maximum Gasteiger partial charge on any atom is 0.0463 e. The first-order valence-electron chi connectivity index (χ1n) is 22.6. The molecule has 0 N–H and O–H groups in total. The highest BCUT2D eigenvalue weighted by atomic mass is 35.5. The standard InChI is InChI=1S/C28H43Cl.C9H17N.C6H14O.C6H12.C4H8/c1-7-11-14-18-27(28-21-26(29)20-19-25(28)15-10-4)23(6)22(5)24(16-12-8-2)17-13-9-3;1-4-6-8-10-9(3)7-5-2;1-3-5-7-6-4-2;1-4-5-6(2)3;1-4(2)3/h12,16-17,19-22H,7-11,13-15,18H2,1-6H3;7-8H,4-6H2,1-3H3;3-6H2,1-2H3;2,4-5H2,1,3H3;1H2,2-3H3/b16-12-,24-17+,27-23+;9-7+,10-8?;;;. The minimum atomic E-state index is 0.425. The van der Waals surface area contributed by atoms with Crippen LogP contribution in [0.1, 0.15) is 211 Å². The molecule has 0 amide bonds. The summed E-state index contributed by atoms with van der Waals surface area (Å²) >= 11 is 6.46. The average Bonchev–Trinajstić information content (AvgIpc) is 3.15. The third kappa shape index (κ3) is 39.8. The number of hydrogen-bond acceptors (Lipinski definition) is 2. The Labute approximate surface area is 357 Å². The van der Waals surface area contributed by atoms with Crippen molar-refractivity contribution in [1.82, 2.24) is 0 Å². The molecule has 0 radical (unpaired) electrons. The zero-order valence-corrected chi connectivity index (χ0v) is 40.8. The number of hydrogen-bond donors (Lipinski definition) is 0. The average molecular weight is 797 g/mol. The Morgan fingerprint density at radius 3 is 1.79 bits per heavy atom. The smallest absolute Gasteiger partial charge is 0.0463 e. The van der Waals surface area contributed by atoms with Gasteiger partial charge in [0.15, 0.2) is 0 Å². The quantitative estimate of drug-likeness (QED) is 0.0468. The van der Waals surface area contributed by atoms with E-state index in [1.54, 1.807) is 0 Å². The molecule has 1 unspecified atom stereocenters. The second-order valence-corrected chi connectivity index (χ2v) is 15.5. The lowest BCUT2D eigenvalue weighted by Gasteiger charge is -2.22. The van der Waals surface area contributed by atoms with Gasteiger partial charge in [-0.1, -0.05) is 166 Å². The van der Waals surface area contributed by atoms with E-state index in [9.17, 15) is 0 Å². The Hall–Kier alpha value is -2.42. The first-order valence-corrected chi connectivity index (χ1v) is 23.0.